The van der Waals surface area contributed by atoms with Crippen molar-refractivity contribution in [1.82, 2.24) is 5.43 Å². The van der Waals surface area contributed by atoms with Crippen LogP contribution < -0.4 is 20.2 Å². The second kappa shape index (κ2) is 12.0. The predicted molar refractivity (Wildman–Crippen MR) is 140 cm³/mol. The monoisotopic (exact) mass is 607 g/mol. The molecule has 2 amide bonds. The molecule has 0 bridgehead atoms. The number of carbonyl (C=O) groups is 2. The van der Waals surface area contributed by atoms with Crippen molar-refractivity contribution in [3.8, 4) is 11.5 Å². The fourth-order valence-electron chi connectivity index (χ4n) is 2.88. The molecule has 0 heterocycles. The molecule has 0 aliphatic rings. The van der Waals surface area contributed by atoms with Crippen molar-refractivity contribution in [3.63, 3.8) is 0 Å². The topological polar surface area (TPSA) is 89.0 Å². The standard InChI is InChI=1S/C24H20Br2ClN3O4/c1-14-9-17(25)7-8-20(14)29-23(31)24(32)30-28-12-15-10-18(26)22(21(11-15)33-2)34-13-16-5-3-4-6-19(16)27/h3-12H,13H2,1-2H3,(H,29,31)(H,30,32)/b28-12+. The van der Waals surface area contributed by atoms with Crippen molar-refractivity contribution in [2.75, 3.05) is 12.4 Å². The molecule has 10 heteroatoms. The van der Waals surface area contributed by atoms with Crippen molar-refractivity contribution in [2.45, 2.75) is 13.5 Å². The number of halogens is 3. The average molecular weight is 610 g/mol. The van der Waals surface area contributed by atoms with Crippen molar-refractivity contribution in [1.29, 1.82) is 0 Å². The predicted octanol–water partition coefficient (Wildman–Crippen LogP) is 5.85. The smallest absolute Gasteiger partial charge is 0.329 e. The van der Waals surface area contributed by atoms with Gasteiger partial charge >= 0.3 is 11.8 Å². The van der Waals surface area contributed by atoms with Gasteiger partial charge in [-0.15, -0.1) is 0 Å². The maximum absolute atomic E-state index is 12.1. The molecule has 0 atom stereocenters. The van der Waals surface area contributed by atoms with Gasteiger partial charge in [0.15, 0.2) is 11.5 Å². The van der Waals surface area contributed by atoms with E-state index < -0.39 is 11.8 Å². The minimum atomic E-state index is -0.899. The molecule has 0 saturated carbocycles. The summed E-state index contributed by atoms with van der Waals surface area (Å²) in [5.74, 6) is -0.778. The summed E-state index contributed by atoms with van der Waals surface area (Å²) in [4.78, 5) is 24.2. The molecule has 3 aromatic rings. The van der Waals surface area contributed by atoms with Crippen LogP contribution in [0.25, 0.3) is 0 Å². The number of nitrogens with one attached hydrogen (secondary N) is 2. The fourth-order valence-corrected chi connectivity index (χ4v) is 4.12. The van der Waals surface area contributed by atoms with E-state index in [0.29, 0.717) is 32.2 Å². The van der Waals surface area contributed by atoms with Gasteiger partial charge < -0.3 is 14.8 Å². The minimum absolute atomic E-state index is 0.255. The molecule has 3 aromatic carbocycles. The summed E-state index contributed by atoms with van der Waals surface area (Å²) in [5, 5.41) is 7.03. The number of methoxy groups -OCH3 is 1. The summed E-state index contributed by atoms with van der Waals surface area (Å²) in [6.45, 7) is 2.08. The Morgan fingerprint density at radius 1 is 1.09 bits per heavy atom. The number of hydrogen-bond acceptors (Lipinski definition) is 5. The van der Waals surface area contributed by atoms with Gasteiger partial charge in [0, 0.05) is 20.7 Å². The highest BCUT2D eigenvalue weighted by atomic mass is 79.9. The first-order chi connectivity index (χ1) is 16.3. The van der Waals surface area contributed by atoms with E-state index in [-0.39, 0.29) is 6.61 Å². The number of rotatable bonds is 7. The largest absolute Gasteiger partial charge is 0.493 e. The normalized spacial score (nSPS) is 10.7. The number of hydrogen-bond donors (Lipinski definition) is 2. The highest BCUT2D eigenvalue weighted by Gasteiger charge is 2.15. The molecule has 0 aliphatic carbocycles. The number of carbonyl (C=O) groups excluding carboxylic acids is 2. The summed E-state index contributed by atoms with van der Waals surface area (Å²) >= 11 is 13.0. The number of ether oxygens (including phenoxy) is 2. The van der Waals surface area contributed by atoms with Crippen LogP contribution in [0.1, 0.15) is 16.7 Å². The van der Waals surface area contributed by atoms with Gasteiger partial charge in [0.25, 0.3) is 0 Å². The van der Waals surface area contributed by atoms with Gasteiger partial charge in [-0.2, -0.15) is 5.10 Å². The zero-order valence-corrected chi connectivity index (χ0v) is 22.1. The number of nitrogens with zero attached hydrogens (tertiary/aromatic N) is 1. The first kappa shape index (κ1) is 25.7. The second-order valence-electron chi connectivity index (χ2n) is 7.03. The minimum Gasteiger partial charge on any atom is -0.493 e. The van der Waals surface area contributed by atoms with E-state index in [2.05, 4.69) is 47.7 Å². The molecule has 0 aromatic heterocycles. The molecule has 7 nitrogen and oxygen atoms in total. The number of anilines is 1. The Hall–Kier alpha value is -2.88. The third kappa shape index (κ3) is 6.82. The lowest BCUT2D eigenvalue weighted by molar-refractivity contribution is -0.136. The zero-order valence-electron chi connectivity index (χ0n) is 18.2. The van der Waals surface area contributed by atoms with Crippen LogP contribution in [-0.2, 0) is 16.2 Å². The van der Waals surface area contributed by atoms with Crippen LogP contribution in [0, 0.1) is 6.92 Å². The Kier molecular flexibility index (Phi) is 9.09. The Balaban J connectivity index is 1.63. The molecule has 0 unspecified atom stereocenters. The van der Waals surface area contributed by atoms with Gasteiger partial charge in [-0.25, -0.2) is 5.43 Å². The third-order valence-corrected chi connectivity index (χ3v) is 6.06. The second-order valence-corrected chi connectivity index (χ2v) is 9.20. The van der Waals surface area contributed by atoms with E-state index in [1.807, 2.05) is 31.2 Å². The molecular formula is C24H20Br2ClN3O4. The van der Waals surface area contributed by atoms with Crippen LogP contribution in [0.15, 0.2) is 68.6 Å². The maximum Gasteiger partial charge on any atom is 0.329 e. The molecule has 0 aliphatic heterocycles. The van der Waals surface area contributed by atoms with Crippen LogP contribution in [0.4, 0.5) is 5.69 Å². The van der Waals surface area contributed by atoms with E-state index >= 15 is 0 Å². The van der Waals surface area contributed by atoms with Crippen molar-refractivity contribution in [2.24, 2.45) is 5.10 Å². The van der Waals surface area contributed by atoms with E-state index in [1.165, 1.54) is 13.3 Å². The summed E-state index contributed by atoms with van der Waals surface area (Å²) in [5.41, 5.74) is 5.01. The van der Waals surface area contributed by atoms with Crippen LogP contribution in [0.2, 0.25) is 5.02 Å². The van der Waals surface area contributed by atoms with E-state index in [0.717, 1.165) is 15.6 Å². The van der Waals surface area contributed by atoms with Gasteiger partial charge in [-0.05, 0) is 70.4 Å². The molecule has 0 radical (unpaired) electrons. The Morgan fingerprint density at radius 2 is 1.85 bits per heavy atom. The molecular weight excluding hydrogens is 590 g/mol. The molecule has 2 N–H and O–H groups in total. The lowest BCUT2D eigenvalue weighted by atomic mass is 10.2. The molecule has 0 fully saturated rings. The quantitative estimate of drug-likeness (QED) is 0.200. The summed E-state index contributed by atoms with van der Waals surface area (Å²) in [6.07, 6.45) is 1.39. The highest BCUT2D eigenvalue weighted by molar-refractivity contribution is 9.10. The zero-order chi connectivity index (χ0) is 24.7. The maximum atomic E-state index is 12.1. The molecule has 0 spiro atoms. The van der Waals surface area contributed by atoms with Crippen LogP contribution in [0.5, 0.6) is 11.5 Å². The van der Waals surface area contributed by atoms with Gasteiger partial charge in [0.1, 0.15) is 6.61 Å². The highest BCUT2D eigenvalue weighted by Crippen LogP contribution is 2.37. The first-order valence-corrected chi connectivity index (χ1v) is 11.9. The lowest BCUT2D eigenvalue weighted by Gasteiger charge is -2.14. The number of benzene rings is 3. The first-order valence-electron chi connectivity index (χ1n) is 9.92. The average Bonchev–Trinajstić information content (AvgIpc) is 2.80. The van der Waals surface area contributed by atoms with Gasteiger partial charge in [0.2, 0.25) is 0 Å². The number of aryl methyl sites for hydroxylation is 1. The summed E-state index contributed by atoms with van der Waals surface area (Å²) in [7, 11) is 1.52. The van der Waals surface area contributed by atoms with Crippen molar-refractivity contribution in [3.05, 3.63) is 85.3 Å². The summed E-state index contributed by atoms with van der Waals surface area (Å²) in [6, 6.07) is 16.1. The van der Waals surface area contributed by atoms with Crippen LogP contribution in [-0.4, -0.2) is 25.1 Å². The van der Waals surface area contributed by atoms with Gasteiger partial charge in [0.05, 0.1) is 17.8 Å². The Labute approximate surface area is 218 Å². The molecule has 0 saturated heterocycles. The fraction of sp³-hybridized carbons (Fsp3) is 0.125. The molecule has 3 rings (SSSR count). The Morgan fingerprint density at radius 3 is 2.56 bits per heavy atom. The van der Waals surface area contributed by atoms with Gasteiger partial charge in [-0.3, -0.25) is 9.59 Å². The van der Waals surface area contributed by atoms with Crippen LogP contribution in [0.3, 0.4) is 0 Å². The molecule has 176 valence electrons. The van der Waals surface area contributed by atoms with Gasteiger partial charge in [-0.1, -0.05) is 45.7 Å². The van der Waals surface area contributed by atoms with Crippen LogP contribution >= 0.6 is 43.5 Å². The summed E-state index contributed by atoms with van der Waals surface area (Å²) < 4.78 is 12.8. The number of amides is 2. The van der Waals surface area contributed by atoms with Crippen molar-refractivity contribution >= 4 is 67.2 Å². The number of hydrazone groups is 1. The molecule has 34 heavy (non-hydrogen) atoms. The SMILES string of the molecule is COc1cc(/C=N/NC(=O)C(=O)Nc2ccc(Br)cc2C)cc(Br)c1OCc1ccccc1Cl. The van der Waals surface area contributed by atoms with Crippen molar-refractivity contribution < 1.29 is 19.1 Å². The van der Waals surface area contributed by atoms with E-state index in [9.17, 15) is 9.59 Å². The Bertz CT molecular complexity index is 1250. The van der Waals surface area contributed by atoms with E-state index in [4.69, 9.17) is 21.1 Å². The van der Waals surface area contributed by atoms with E-state index in [1.54, 1.807) is 30.3 Å². The third-order valence-electron chi connectivity index (χ3n) is 4.60. The lowest BCUT2D eigenvalue weighted by Crippen LogP contribution is -2.32.